The summed E-state index contributed by atoms with van der Waals surface area (Å²) in [4.78, 5) is 12.9. The van der Waals surface area contributed by atoms with E-state index in [0.29, 0.717) is 18.3 Å². The summed E-state index contributed by atoms with van der Waals surface area (Å²) in [5.74, 6) is 2.14. The number of aromatic nitrogens is 3. The summed E-state index contributed by atoms with van der Waals surface area (Å²) in [6, 6.07) is 5.86. The molecule has 2 rings (SSSR count). The van der Waals surface area contributed by atoms with Crippen molar-refractivity contribution in [1.82, 2.24) is 15.0 Å². The highest BCUT2D eigenvalue weighted by Crippen LogP contribution is 2.21. The molecule has 0 saturated heterocycles. The van der Waals surface area contributed by atoms with Crippen LogP contribution in [0, 0.1) is 13.8 Å². The third kappa shape index (κ3) is 3.40. The first-order chi connectivity index (χ1) is 9.20. The number of nitrogens with zero attached hydrogens (tertiary/aromatic N) is 3. The van der Waals surface area contributed by atoms with Crippen molar-refractivity contribution in [2.24, 2.45) is 0 Å². The Morgan fingerprint density at radius 2 is 2.05 bits per heavy atom. The van der Waals surface area contributed by atoms with Crippen LogP contribution in [-0.4, -0.2) is 28.6 Å². The molecule has 0 aliphatic rings. The fraction of sp³-hybridized carbons (Fsp3) is 0.357. The Balaban J connectivity index is 2.02. The van der Waals surface area contributed by atoms with Crippen LogP contribution in [0.4, 0.5) is 5.82 Å². The molecule has 2 aromatic rings. The molecular weight excluding hydrogens is 240 g/mol. The topological polar surface area (TPSA) is 59.9 Å². The second kappa shape index (κ2) is 6.13. The second-order valence-corrected chi connectivity index (χ2v) is 4.22. The van der Waals surface area contributed by atoms with Crippen molar-refractivity contribution >= 4 is 5.82 Å². The van der Waals surface area contributed by atoms with Gasteiger partial charge < -0.3 is 10.1 Å². The minimum absolute atomic E-state index is 0.553. The Kier molecular flexibility index (Phi) is 4.28. The van der Waals surface area contributed by atoms with E-state index in [9.17, 15) is 0 Å². The zero-order valence-corrected chi connectivity index (χ0v) is 11.5. The Morgan fingerprint density at radius 3 is 2.74 bits per heavy atom. The lowest BCUT2D eigenvalue weighted by Crippen LogP contribution is -2.08. The van der Waals surface area contributed by atoms with Gasteiger partial charge >= 0.3 is 0 Å². The SMILES string of the molecule is CNc1nc(C)nc(OCCc2ccccn2)c1C. The predicted octanol–water partition coefficient (Wildman–Crippen LogP) is 2.15. The molecule has 0 amide bonds. The Hall–Kier alpha value is -2.17. The van der Waals surface area contributed by atoms with Crippen LogP contribution in [0.1, 0.15) is 17.1 Å². The molecule has 2 aromatic heterocycles. The summed E-state index contributed by atoms with van der Waals surface area (Å²) in [6.45, 7) is 4.35. The Labute approximate surface area is 113 Å². The van der Waals surface area contributed by atoms with Gasteiger partial charge in [-0.25, -0.2) is 4.98 Å². The lowest BCUT2D eigenvalue weighted by Gasteiger charge is -2.11. The van der Waals surface area contributed by atoms with Crippen LogP contribution in [0.5, 0.6) is 5.88 Å². The largest absolute Gasteiger partial charge is 0.477 e. The smallest absolute Gasteiger partial charge is 0.221 e. The summed E-state index contributed by atoms with van der Waals surface area (Å²) in [5, 5.41) is 3.04. The van der Waals surface area contributed by atoms with Gasteiger partial charge in [0.15, 0.2) is 0 Å². The zero-order chi connectivity index (χ0) is 13.7. The molecule has 19 heavy (non-hydrogen) atoms. The quantitative estimate of drug-likeness (QED) is 0.890. The molecule has 0 spiro atoms. The van der Waals surface area contributed by atoms with E-state index < -0.39 is 0 Å². The van der Waals surface area contributed by atoms with Gasteiger partial charge in [-0.2, -0.15) is 4.98 Å². The average molecular weight is 258 g/mol. The summed E-state index contributed by atoms with van der Waals surface area (Å²) in [6.07, 6.45) is 2.55. The van der Waals surface area contributed by atoms with E-state index in [1.807, 2.05) is 39.1 Å². The Morgan fingerprint density at radius 1 is 1.21 bits per heavy atom. The lowest BCUT2D eigenvalue weighted by atomic mass is 10.3. The first kappa shape index (κ1) is 13.3. The lowest BCUT2D eigenvalue weighted by molar-refractivity contribution is 0.305. The molecule has 0 aliphatic heterocycles. The number of nitrogens with one attached hydrogen (secondary N) is 1. The first-order valence-corrected chi connectivity index (χ1v) is 6.26. The van der Waals surface area contributed by atoms with Crippen molar-refractivity contribution in [3.05, 3.63) is 41.5 Å². The fourth-order valence-corrected chi connectivity index (χ4v) is 1.78. The highest BCUT2D eigenvalue weighted by atomic mass is 16.5. The molecule has 0 aromatic carbocycles. The summed E-state index contributed by atoms with van der Waals surface area (Å²) in [5.41, 5.74) is 1.94. The van der Waals surface area contributed by atoms with Gasteiger partial charge in [0.2, 0.25) is 5.88 Å². The molecule has 5 heteroatoms. The molecule has 0 atom stereocenters. The maximum absolute atomic E-state index is 5.73. The average Bonchev–Trinajstić information content (AvgIpc) is 2.43. The molecule has 0 aliphatic carbocycles. The maximum Gasteiger partial charge on any atom is 0.221 e. The molecule has 0 saturated carbocycles. The van der Waals surface area contributed by atoms with Gasteiger partial charge in [-0.05, 0) is 26.0 Å². The van der Waals surface area contributed by atoms with E-state index in [2.05, 4.69) is 20.3 Å². The van der Waals surface area contributed by atoms with Gasteiger partial charge in [-0.3, -0.25) is 4.98 Å². The molecule has 2 heterocycles. The van der Waals surface area contributed by atoms with Gasteiger partial charge in [0.25, 0.3) is 0 Å². The normalized spacial score (nSPS) is 10.3. The minimum atomic E-state index is 0.553. The number of ether oxygens (including phenoxy) is 1. The summed E-state index contributed by atoms with van der Waals surface area (Å²) < 4.78 is 5.73. The monoisotopic (exact) mass is 258 g/mol. The van der Waals surface area contributed by atoms with Crippen LogP contribution in [0.25, 0.3) is 0 Å². The molecule has 1 N–H and O–H groups in total. The standard InChI is InChI=1S/C14H18N4O/c1-10-13(15-3)17-11(2)18-14(10)19-9-7-12-6-4-5-8-16-12/h4-6,8H,7,9H2,1-3H3,(H,15,17,18). The third-order valence-electron chi connectivity index (χ3n) is 2.77. The van der Waals surface area contributed by atoms with E-state index in [4.69, 9.17) is 4.74 Å². The fourth-order valence-electron chi connectivity index (χ4n) is 1.78. The van der Waals surface area contributed by atoms with Crippen LogP contribution >= 0.6 is 0 Å². The van der Waals surface area contributed by atoms with E-state index in [0.717, 1.165) is 23.5 Å². The predicted molar refractivity (Wildman–Crippen MR) is 74.5 cm³/mol. The maximum atomic E-state index is 5.73. The van der Waals surface area contributed by atoms with Crippen LogP contribution in [0.2, 0.25) is 0 Å². The van der Waals surface area contributed by atoms with Crippen molar-refractivity contribution in [2.75, 3.05) is 19.0 Å². The van der Waals surface area contributed by atoms with Crippen molar-refractivity contribution in [3.8, 4) is 5.88 Å². The van der Waals surface area contributed by atoms with Crippen molar-refractivity contribution in [3.63, 3.8) is 0 Å². The molecule has 0 fully saturated rings. The van der Waals surface area contributed by atoms with E-state index in [-0.39, 0.29) is 0 Å². The molecule has 0 unspecified atom stereocenters. The van der Waals surface area contributed by atoms with Gasteiger partial charge in [-0.15, -0.1) is 0 Å². The van der Waals surface area contributed by atoms with Crippen molar-refractivity contribution in [1.29, 1.82) is 0 Å². The third-order valence-corrected chi connectivity index (χ3v) is 2.77. The van der Waals surface area contributed by atoms with Gasteiger partial charge in [0.05, 0.1) is 12.2 Å². The summed E-state index contributed by atoms with van der Waals surface area (Å²) >= 11 is 0. The number of hydrogen-bond acceptors (Lipinski definition) is 5. The second-order valence-electron chi connectivity index (χ2n) is 4.22. The number of hydrogen-bond donors (Lipinski definition) is 1. The molecule has 100 valence electrons. The van der Waals surface area contributed by atoms with E-state index >= 15 is 0 Å². The van der Waals surface area contributed by atoms with Crippen molar-refractivity contribution < 1.29 is 4.74 Å². The minimum Gasteiger partial charge on any atom is -0.477 e. The number of anilines is 1. The van der Waals surface area contributed by atoms with Gasteiger partial charge in [-0.1, -0.05) is 6.07 Å². The number of rotatable bonds is 5. The highest BCUT2D eigenvalue weighted by molar-refractivity contribution is 5.47. The first-order valence-electron chi connectivity index (χ1n) is 6.26. The van der Waals surface area contributed by atoms with Crippen molar-refractivity contribution in [2.45, 2.75) is 20.3 Å². The van der Waals surface area contributed by atoms with Crippen LogP contribution < -0.4 is 10.1 Å². The Bertz CT molecular complexity index is 543. The number of pyridine rings is 1. The molecule has 0 radical (unpaired) electrons. The van der Waals surface area contributed by atoms with Crippen LogP contribution in [0.15, 0.2) is 24.4 Å². The van der Waals surface area contributed by atoms with Crippen LogP contribution in [0.3, 0.4) is 0 Å². The molecular formula is C14H18N4O. The van der Waals surface area contributed by atoms with Gasteiger partial charge in [0, 0.05) is 25.4 Å². The highest BCUT2D eigenvalue weighted by Gasteiger charge is 2.09. The number of aryl methyl sites for hydroxylation is 1. The van der Waals surface area contributed by atoms with Crippen LogP contribution in [-0.2, 0) is 6.42 Å². The zero-order valence-electron chi connectivity index (χ0n) is 11.5. The summed E-state index contributed by atoms with van der Waals surface area (Å²) in [7, 11) is 1.84. The van der Waals surface area contributed by atoms with Gasteiger partial charge in [0.1, 0.15) is 11.6 Å². The van der Waals surface area contributed by atoms with E-state index in [1.54, 1.807) is 6.20 Å². The molecule has 0 bridgehead atoms. The van der Waals surface area contributed by atoms with E-state index in [1.165, 1.54) is 0 Å². The molecule has 5 nitrogen and oxygen atoms in total.